The number of carbonyl (C=O) groups excluding carboxylic acids is 2. The van der Waals surface area contributed by atoms with Gasteiger partial charge in [0.2, 0.25) is 11.8 Å². The van der Waals surface area contributed by atoms with Crippen molar-refractivity contribution in [3.8, 4) is 0 Å². The fraction of sp³-hybridized carbons (Fsp3) is 0.913. The van der Waals surface area contributed by atoms with Crippen LogP contribution in [0.4, 0.5) is 4.39 Å². The van der Waals surface area contributed by atoms with E-state index in [9.17, 15) is 9.59 Å². The molecule has 0 aromatic heterocycles. The monoisotopic (exact) mass is 529 g/mol. The normalized spacial score (nSPS) is 39.7. The number of fused-ring (bicyclic) bond motifs is 1. The van der Waals surface area contributed by atoms with E-state index in [4.69, 9.17) is 17.3 Å². The van der Waals surface area contributed by atoms with Crippen LogP contribution in [-0.4, -0.2) is 140 Å². The van der Waals surface area contributed by atoms with Gasteiger partial charge in [-0.05, 0) is 33.0 Å². The summed E-state index contributed by atoms with van der Waals surface area (Å²) in [5.74, 6) is -0.467. The molecule has 5 heterocycles. The molecule has 6 N–H and O–H groups in total. The number of amides is 2. The number of hydrogen-bond donors (Lipinski definition) is 5. The molecular weight excluding hydrogens is 489 g/mol. The molecule has 0 aliphatic carbocycles. The second-order valence-corrected chi connectivity index (χ2v) is 11.6. The Morgan fingerprint density at radius 2 is 1.78 bits per heavy atom. The van der Waals surface area contributed by atoms with Crippen LogP contribution in [-0.2, 0) is 9.59 Å². The molecule has 5 aliphatic heterocycles. The van der Waals surface area contributed by atoms with E-state index in [0.29, 0.717) is 32.7 Å². The number of rotatable bonds is 4. The number of likely N-dealkylation sites (tertiary alicyclic amines) is 1. The van der Waals surface area contributed by atoms with E-state index >= 15 is 4.39 Å². The van der Waals surface area contributed by atoms with Gasteiger partial charge in [-0.3, -0.25) is 19.8 Å². The Balaban J connectivity index is 1.18. The number of hydrazine groups is 1. The van der Waals surface area contributed by atoms with Crippen molar-refractivity contribution in [1.29, 1.82) is 0 Å². The van der Waals surface area contributed by atoms with Crippen molar-refractivity contribution < 1.29 is 14.0 Å². The van der Waals surface area contributed by atoms with Gasteiger partial charge in [-0.15, -0.1) is 11.6 Å². The van der Waals surface area contributed by atoms with Crippen molar-refractivity contribution in [2.75, 3.05) is 72.5 Å². The molecule has 7 atom stereocenters. The highest BCUT2D eigenvalue weighted by molar-refractivity contribution is 6.21. The lowest BCUT2D eigenvalue weighted by molar-refractivity contribution is -0.139. The predicted molar refractivity (Wildman–Crippen MR) is 135 cm³/mol. The minimum absolute atomic E-state index is 0.00541. The third-order valence-electron chi connectivity index (χ3n) is 8.55. The molecule has 13 heteroatoms. The molecule has 204 valence electrons. The average molecular weight is 530 g/mol. The van der Waals surface area contributed by atoms with Gasteiger partial charge in [-0.25, -0.2) is 14.8 Å². The summed E-state index contributed by atoms with van der Waals surface area (Å²) >= 11 is 6.25. The molecule has 0 bridgehead atoms. The third-order valence-corrected chi connectivity index (χ3v) is 8.85. The Morgan fingerprint density at radius 3 is 2.50 bits per heavy atom. The molecule has 2 amide bonds. The minimum atomic E-state index is -1.11. The van der Waals surface area contributed by atoms with Gasteiger partial charge in [0, 0.05) is 58.3 Å². The Bertz CT molecular complexity index is 796. The lowest BCUT2D eigenvalue weighted by Gasteiger charge is -2.45. The second-order valence-electron chi connectivity index (χ2n) is 11.0. The number of nitrogens with one attached hydrogen (secondary N) is 4. The molecule has 36 heavy (non-hydrogen) atoms. The number of piperidine rings is 2. The molecular formula is C23H41ClFN9O2. The Kier molecular flexibility index (Phi) is 8.33. The molecule has 0 saturated carbocycles. The third kappa shape index (κ3) is 5.51. The smallest absolute Gasteiger partial charge is 0.229 e. The molecule has 5 saturated heterocycles. The Morgan fingerprint density at radius 1 is 1.06 bits per heavy atom. The van der Waals surface area contributed by atoms with Gasteiger partial charge < -0.3 is 26.2 Å². The van der Waals surface area contributed by atoms with Gasteiger partial charge in [-0.1, -0.05) is 0 Å². The van der Waals surface area contributed by atoms with Crippen LogP contribution in [0.2, 0.25) is 0 Å². The lowest BCUT2D eigenvalue weighted by Crippen LogP contribution is -2.67. The second kappa shape index (κ2) is 11.3. The number of carbonyl (C=O) groups is 2. The quantitative estimate of drug-likeness (QED) is 0.252. The van der Waals surface area contributed by atoms with Crippen LogP contribution < -0.4 is 27.1 Å². The highest BCUT2D eigenvalue weighted by Crippen LogP contribution is 2.27. The lowest BCUT2D eigenvalue weighted by atomic mass is 9.89. The zero-order chi connectivity index (χ0) is 25.4. The van der Waals surface area contributed by atoms with E-state index in [2.05, 4.69) is 38.2 Å². The number of nitrogens with two attached hydrogens (primary N) is 1. The molecule has 0 radical (unpaired) electrons. The fourth-order valence-corrected chi connectivity index (χ4v) is 6.72. The van der Waals surface area contributed by atoms with Crippen LogP contribution in [0.25, 0.3) is 0 Å². The number of halogens is 2. The predicted octanol–water partition coefficient (Wildman–Crippen LogP) is -2.47. The molecule has 7 unspecified atom stereocenters. The van der Waals surface area contributed by atoms with Gasteiger partial charge in [0.05, 0.1) is 35.7 Å². The zero-order valence-corrected chi connectivity index (χ0v) is 21.8. The highest BCUT2D eigenvalue weighted by atomic mass is 35.5. The molecule has 0 aromatic carbocycles. The van der Waals surface area contributed by atoms with Crippen molar-refractivity contribution >= 4 is 23.4 Å². The zero-order valence-electron chi connectivity index (χ0n) is 21.0. The molecule has 5 fully saturated rings. The summed E-state index contributed by atoms with van der Waals surface area (Å²) < 4.78 is 15.3. The average Bonchev–Trinajstić information content (AvgIpc) is 3.19. The highest BCUT2D eigenvalue weighted by Gasteiger charge is 2.48. The van der Waals surface area contributed by atoms with Crippen LogP contribution in [0, 0.1) is 11.8 Å². The first-order chi connectivity index (χ1) is 17.3. The first-order valence-corrected chi connectivity index (χ1v) is 13.8. The van der Waals surface area contributed by atoms with Crippen LogP contribution in [0.3, 0.4) is 0 Å². The standard InChI is InChI=1S/C23H41ClFN9O2/c1-31-6-8-33(9-7-31)23(36)14-2-4-32(5-3-14)19-16(25)11-27-12-17(19)29-22(35)18-20(26)30-34-13-15(24)10-28-21(18)34/h14-21,27-28,30H,2-13,26H2,1H3,(H,29,35). The van der Waals surface area contributed by atoms with Crippen LogP contribution in [0.1, 0.15) is 12.8 Å². The van der Waals surface area contributed by atoms with Crippen LogP contribution >= 0.6 is 11.6 Å². The molecule has 0 spiro atoms. The fourth-order valence-electron chi connectivity index (χ4n) is 6.48. The number of likely N-dealkylation sites (N-methyl/N-ethyl adjacent to an activating group) is 1. The summed E-state index contributed by atoms with van der Waals surface area (Å²) in [5, 5.41) is 11.4. The Labute approximate surface area is 217 Å². The Hall–Kier alpha value is -1.12. The van der Waals surface area contributed by atoms with E-state index in [1.165, 1.54) is 0 Å². The number of nitrogens with zero attached hydrogens (tertiary/aromatic N) is 4. The first kappa shape index (κ1) is 26.5. The summed E-state index contributed by atoms with van der Waals surface area (Å²) in [6.45, 7) is 6.64. The maximum atomic E-state index is 15.3. The molecule has 5 aliphatic rings. The summed E-state index contributed by atoms with van der Waals surface area (Å²) in [7, 11) is 2.08. The van der Waals surface area contributed by atoms with E-state index in [-0.39, 0.29) is 41.9 Å². The van der Waals surface area contributed by atoms with Gasteiger partial charge in [0.25, 0.3) is 0 Å². The first-order valence-electron chi connectivity index (χ1n) is 13.3. The van der Waals surface area contributed by atoms with Crippen molar-refractivity contribution in [3.05, 3.63) is 0 Å². The maximum Gasteiger partial charge on any atom is 0.229 e. The van der Waals surface area contributed by atoms with Gasteiger partial charge in [0.1, 0.15) is 6.17 Å². The van der Waals surface area contributed by atoms with E-state index in [1.54, 1.807) is 0 Å². The molecule has 11 nitrogen and oxygen atoms in total. The van der Waals surface area contributed by atoms with Crippen molar-refractivity contribution in [1.82, 2.24) is 41.1 Å². The van der Waals surface area contributed by atoms with E-state index in [1.807, 2.05) is 9.91 Å². The molecule has 0 aromatic rings. The van der Waals surface area contributed by atoms with Gasteiger partial charge in [-0.2, -0.15) is 0 Å². The van der Waals surface area contributed by atoms with Crippen LogP contribution in [0.5, 0.6) is 0 Å². The maximum absolute atomic E-state index is 15.3. The van der Waals surface area contributed by atoms with Crippen molar-refractivity contribution in [2.45, 2.75) is 48.8 Å². The van der Waals surface area contributed by atoms with E-state index in [0.717, 1.165) is 39.0 Å². The molecule has 5 rings (SSSR count). The van der Waals surface area contributed by atoms with Gasteiger partial charge in [0.15, 0.2) is 0 Å². The van der Waals surface area contributed by atoms with E-state index < -0.39 is 24.3 Å². The van der Waals surface area contributed by atoms with Crippen molar-refractivity contribution in [3.63, 3.8) is 0 Å². The summed E-state index contributed by atoms with van der Waals surface area (Å²) in [4.78, 5) is 32.8. The van der Waals surface area contributed by atoms with Gasteiger partial charge >= 0.3 is 0 Å². The van der Waals surface area contributed by atoms with Crippen molar-refractivity contribution in [2.24, 2.45) is 17.6 Å². The summed E-state index contributed by atoms with van der Waals surface area (Å²) in [6.07, 6.45) is -0.453. The SMILES string of the molecule is CN1CCN(C(=O)C2CCN(C3C(F)CNCC3NC(=O)C3C(N)NN4CC(Cl)CNC34)CC2)CC1. The summed E-state index contributed by atoms with van der Waals surface area (Å²) in [6, 6.07) is -0.806. The number of piperazine rings is 1. The largest absolute Gasteiger partial charge is 0.350 e. The number of hydrogen-bond acceptors (Lipinski definition) is 9. The minimum Gasteiger partial charge on any atom is -0.350 e. The van der Waals surface area contributed by atoms with Crippen LogP contribution in [0.15, 0.2) is 0 Å². The topological polar surface area (TPSA) is 121 Å². The number of alkyl halides is 2. The summed E-state index contributed by atoms with van der Waals surface area (Å²) in [5.41, 5.74) is 9.42.